The van der Waals surface area contributed by atoms with Crippen LogP contribution in [0, 0.1) is 5.92 Å². The van der Waals surface area contributed by atoms with Crippen LogP contribution in [0.4, 0.5) is 0 Å². The number of nitrogens with two attached hydrogens (primary N) is 1. The molecule has 118 valence electrons. The molecule has 2 rings (SSSR count). The summed E-state index contributed by atoms with van der Waals surface area (Å²) in [6, 6.07) is 0.358. The van der Waals surface area contributed by atoms with E-state index < -0.39 is 10.2 Å². The topological polar surface area (TPSA) is 78.7 Å². The van der Waals surface area contributed by atoms with Crippen molar-refractivity contribution in [2.45, 2.75) is 38.6 Å². The normalized spacial score (nSPS) is 27.2. The van der Waals surface area contributed by atoms with Crippen molar-refractivity contribution < 1.29 is 8.42 Å². The molecular weight excluding hydrogens is 276 g/mol. The van der Waals surface area contributed by atoms with Gasteiger partial charge in [0.2, 0.25) is 0 Å². The maximum absolute atomic E-state index is 12.3. The second-order valence-electron chi connectivity index (χ2n) is 5.86. The molecule has 2 aliphatic rings. The minimum Gasteiger partial charge on any atom is -0.330 e. The van der Waals surface area contributed by atoms with Crippen LogP contribution in [0.5, 0.6) is 0 Å². The summed E-state index contributed by atoms with van der Waals surface area (Å²) in [5.74, 6) is 0.479. The lowest BCUT2D eigenvalue weighted by Gasteiger charge is -2.31. The maximum Gasteiger partial charge on any atom is 0.279 e. The van der Waals surface area contributed by atoms with Gasteiger partial charge >= 0.3 is 0 Å². The molecule has 1 atom stereocenters. The highest BCUT2D eigenvalue weighted by molar-refractivity contribution is 7.87. The summed E-state index contributed by atoms with van der Waals surface area (Å²) in [5.41, 5.74) is 5.64. The number of rotatable bonds is 6. The Balaban J connectivity index is 1.82. The van der Waals surface area contributed by atoms with Gasteiger partial charge in [0, 0.05) is 25.7 Å². The maximum atomic E-state index is 12.3. The van der Waals surface area contributed by atoms with Gasteiger partial charge in [0.05, 0.1) is 0 Å². The number of hydrogen-bond donors (Lipinski definition) is 2. The molecule has 2 heterocycles. The Labute approximate surface area is 122 Å². The molecule has 0 amide bonds. The summed E-state index contributed by atoms with van der Waals surface area (Å²) in [6.45, 7) is 6.60. The van der Waals surface area contributed by atoms with Gasteiger partial charge in [-0.1, -0.05) is 6.92 Å². The van der Waals surface area contributed by atoms with Gasteiger partial charge in [-0.25, -0.2) is 4.72 Å². The third-order valence-corrected chi connectivity index (χ3v) is 6.23. The fourth-order valence-corrected chi connectivity index (χ4v) is 4.50. The van der Waals surface area contributed by atoms with Crippen LogP contribution >= 0.6 is 0 Å². The Kier molecular flexibility index (Phi) is 5.80. The molecule has 2 saturated heterocycles. The van der Waals surface area contributed by atoms with E-state index in [9.17, 15) is 8.42 Å². The SMILES string of the molecule is CCN1CCCC1CNS(=O)(=O)N1CCC(CN)CC1. The molecule has 0 aromatic carbocycles. The highest BCUT2D eigenvalue weighted by Gasteiger charge is 2.29. The largest absolute Gasteiger partial charge is 0.330 e. The molecule has 1 unspecified atom stereocenters. The molecule has 7 heteroatoms. The smallest absolute Gasteiger partial charge is 0.279 e. The number of piperidine rings is 1. The lowest BCUT2D eigenvalue weighted by atomic mass is 9.99. The number of nitrogens with zero attached hydrogens (tertiary/aromatic N) is 2. The minimum atomic E-state index is -3.32. The Hall–Kier alpha value is -0.210. The molecule has 0 radical (unpaired) electrons. The van der Waals surface area contributed by atoms with E-state index in [2.05, 4.69) is 16.5 Å². The van der Waals surface area contributed by atoms with Gasteiger partial charge in [0.15, 0.2) is 0 Å². The lowest BCUT2D eigenvalue weighted by Crippen LogP contribution is -2.49. The predicted molar refractivity (Wildman–Crippen MR) is 80.5 cm³/mol. The van der Waals surface area contributed by atoms with Crippen LogP contribution < -0.4 is 10.5 Å². The molecule has 3 N–H and O–H groups in total. The monoisotopic (exact) mass is 304 g/mol. The average molecular weight is 304 g/mol. The lowest BCUT2D eigenvalue weighted by molar-refractivity contribution is 0.258. The number of likely N-dealkylation sites (tertiary alicyclic amines) is 1. The molecule has 0 bridgehead atoms. The van der Waals surface area contributed by atoms with E-state index in [1.807, 2.05) is 0 Å². The minimum absolute atomic E-state index is 0.358. The van der Waals surface area contributed by atoms with Gasteiger partial charge in [-0.15, -0.1) is 0 Å². The van der Waals surface area contributed by atoms with Crippen molar-refractivity contribution in [3.8, 4) is 0 Å². The Bertz CT molecular complexity index is 393. The van der Waals surface area contributed by atoms with E-state index in [1.54, 1.807) is 4.31 Å². The zero-order chi connectivity index (χ0) is 14.6. The average Bonchev–Trinajstić information content (AvgIpc) is 2.93. The van der Waals surface area contributed by atoms with Crippen molar-refractivity contribution in [1.82, 2.24) is 13.9 Å². The van der Waals surface area contributed by atoms with Crippen molar-refractivity contribution in [2.75, 3.05) is 39.3 Å². The highest BCUT2D eigenvalue weighted by Crippen LogP contribution is 2.19. The van der Waals surface area contributed by atoms with E-state index in [-0.39, 0.29) is 0 Å². The first-order chi connectivity index (χ1) is 9.56. The van der Waals surface area contributed by atoms with Gasteiger partial charge in [-0.05, 0) is 51.2 Å². The van der Waals surface area contributed by atoms with Crippen LogP contribution in [-0.4, -0.2) is 62.9 Å². The van der Waals surface area contributed by atoms with Gasteiger partial charge < -0.3 is 5.73 Å². The molecule has 0 spiro atoms. The highest BCUT2D eigenvalue weighted by atomic mass is 32.2. The first-order valence-electron chi connectivity index (χ1n) is 7.75. The molecule has 0 aromatic heterocycles. The van der Waals surface area contributed by atoms with Crippen LogP contribution in [0.3, 0.4) is 0 Å². The first kappa shape index (κ1) is 16.2. The zero-order valence-corrected chi connectivity index (χ0v) is 13.2. The summed E-state index contributed by atoms with van der Waals surface area (Å²) in [7, 11) is -3.32. The quantitative estimate of drug-likeness (QED) is 0.723. The van der Waals surface area contributed by atoms with Gasteiger partial charge in [-0.2, -0.15) is 12.7 Å². The summed E-state index contributed by atoms with van der Waals surface area (Å²) >= 11 is 0. The van der Waals surface area contributed by atoms with Crippen molar-refractivity contribution in [3.05, 3.63) is 0 Å². The van der Waals surface area contributed by atoms with Gasteiger partial charge in [-0.3, -0.25) is 4.90 Å². The third kappa shape index (κ3) is 3.92. The van der Waals surface area contributed by atoms with Gasteiger partial charge in [0.1, 0.15) is 0 Å². The van der Waals surface area contributed by atoms with Crippen molar-refractivity contribution in [2.24, 2.45) is 11.7 Å². The number of nitrogens with one attached hydrogen (secondary N) is 1. The van der Waals surface area contributed by atoms with Crippen LogP contribution in [0.15, 0.2) is 0 Å². The van der Waals surface area contributed by atoms with E-state index in [0.29, 0.717) is 38.1 Å². The summed E-state index contributed by atoms with van der Waals surface area (Å²) in [4.78, 5) is 2.35. The summed E-state index contributed by atoms with van der Waals surface area (Å²) < 4.78 is 29.0. The molecule has 2 fully saturated rings. The molecule has 0 aliphatic carbocycles. The second-order valence-corrected chi connectivity index (χ2v) is 7.61. The molecule has 20 heavy (non-hydrogen) atoms. The van der Waals surface area contributed by atoms with Crippen LogP contribution in [-0.2, 0) is 10.2 Å². The van der Waals surface area contributed by atoms with Crippen molar-refractivity contribution >= 4 is 10.2 Å². The van der Waals surface area contributed by atoms with Crippen LogP contribution in [0.1, 0.15) is 32.6 Å². The van der Waals surface area contributed by atoms with Crippen LogP contribution in [0.25, 0.3) is 0 Å². The van der Waals surface area contributed by atoms with E-state index in [4.69, 9.17) is 5.73 Å². The number of hydrogen-bond acceptors (Lipinski definition) is 4. The molecule has 2 aliphatic heterocycles. The standard InChI is InChI=1S/C13H28N4O2S/c1-2-16-7-3-4-13(16)11-15-20(18,19)17-8-5-12(10-14)6-9-17/h12-13,15H,2-11,14H2,1H3. The van der Waals surface area contributed by atoms with E-state index in [1.165, 1.54) is 6.42 Å². The Morgan fingerprint density at radius 3 is 2.50 bits per heavy atom. The number of likely N-dealkylation sites (N-methyl/N-ethyl adjacent to an activating group) is 1. The second kappa shape index (κ2) is 7.17. The predicted octanol–water partition coefficient (Wildman–Crippen LogP) is -0.0242. The Morgan fingerprint density at radius 1 is 1.20 bits per heavy atom. The fraction of sp³-hybridized carbons (Fsp3) is 1.00. The third-order valence-electron chi connectivity index (χ3n) is 4.65. The van der Waals surface area contributed by atoms with E-state index in [0.717, 1.165) is 32.4 Å². The zero-order valence-electron chi connectivity index (χ0n) is 12.4. The molecule has 0 aromatic rings. The first-order valence-corrected chi connectivity index (χ1v) is 9.19. The fourth-order valence-electron chi connectivity index (χ4n) is 3.22. The summed E-state index contributed by atoms with van der Waals surface area (Å²) in [5, 5.41) is 0. The van der Waals surface area contributed by atoms with E-state index >= 15 is 0 Å². The molecule has 0 saturated carbocycles. The van der Waals surface area contributed by atoms with Crippen LogP contribution in [0.2, 0.25) is 0 Å². The molecule has 6 nitrogen and oxygen atoms in total. The summed E-state index contributed by atoms with van der Waals surface area (Å²) in [6.07, 6.45) is 4.01. The van der Waals surface area contributed by atoms with Crippen molar-refractivity contribution in [3.63, 3.8) is 0 Å². The Morgan fingerprint density at radius 2 is 1.90 bits per heavy atom. The molecular formula is C13H28N4O2S. The van der Waals surface area contributed by atoms with Crippen molar-refractivity contribution in [1.29, 1.82) is 0 Å². The van der Waals surface area contributed by atoms with Gasteiger partial charge in [0.25, 0.3) is 10.2 Å².